The van der Waals surface area contributed by atoms with E-state index in [0.717, 1.165) is 12.2 Å². The van der Waals surface area contributed by atoms with Crippen LogP contribution >= 0.6 is 11.8 Å². The van der Waals surface area contributed by atoms with Crippen LogP contribution in [0.15, 0.2) is 9.64 Å². The summed E-state index contributed by atoms with van der Waals surface area (Å²) in [7, 11) is 0. The van der Waals surface area contributed by atoms with Crippen LogP contribution in [0.4, 0.5) is 4.79 Å². The third-order valence-electron chi connectivity index (χ3n) is 1.96. The van der Waals surface area contributed by atoms with Gasteiger partial charge < -0.3 is 14.5 Å². The van der Waals surface area contributed by atoms with Crippen molar-refractivity contribution < 1.29 is 13.9 Å². The lowest BCUT2D eigenvalue weighted by molar-refractivity contribution is 0.0500. The highest BCUT2D eigenvalue weighted by molar-refractivity contribution is 7.99. The van der Waals surface area contributed by atoms with Crippen molar-refractivity contribution >= 4 is 17.9 Å². The molecule has 0 spiro atoms. The smallest absolute Gasteiger partial charge is 0.408 e. The molecule has 1 N–H and O–H groups in total. The molecule has 0 aliphatic heterocycles. The van der Waals surface area contributed by atoms with Gasteiger partial charge in [-0.05, 0) is 34.1 Å². The zero-order valence-electron chi connectivity index (χ0n) is 12.0. The Kier molecular flexibility index (Phi) is 5.65. The van der Waals surface area contributed by atoms with E-state index in [2.05, 4.69) is 22.4 Å². The predicted octanol–water partition coefficient (Wildman–Crippen LogP) is 3.16. The fourth-order valence-electron chi connectivity index (χ4n) is 1.19. The predicted molar refractivity (Wildman–Crippen MR) is 73.1 cm³/mol. The van der Waals surface area contributed by atoms with E-state index in [1.54, 1.807) is 6.92 Å². The first-order chi connectivity index (χ1) is 8.81. The van der Waals surface area contributed by atoms with Gasteiger partial charge in [-0.25, -0.2) is 4.79 Å². The molecular formula is C12H21N3O3S. The fraction of sp³-hybridized carbons (Fsp3) is 0.750. The number of carbonyl (C=O) groups excluding carboxylic acids is 1. The second-order valence-electron chi connectivity index (χ2n) is 5.12. The molecule has 0 aliphatic rings. The first-order valence-corrected chi connectivity index (χ1v) is 7.26. The molecule has 0 aliphatic carbocycles. The minimum Gasteiger partial charge on any atom is -0.444 e. The van der Waals surface area contributed by atoms with Crippen LogP contribution in [-0.2, 0) is 4.74 Å². The number of ether oxygens (including phenoxy) is 1. The van der Waals surface area contributed by atoms with Crippen molar-refractivity contribution in [2.24, 2.45) is 0 Å². The van der Waals surface area contributed by atoms with Gasteiger partial charge in [0.25, 0.3) is 5.22 Å². The average molecular weight is 287 g/mol. The van der Waals surface area contributed by atoms with Crippen molar-refractivity contribution in [2.45, 2.75) is 57.9 Å². The molecule has 0 saturated carbocycles. The molecule has 0 aromatic carbocycles. The van der Waals surface area contributed by atoms with Gasteiger partial charge in [0.05, 0.1) is 0 Å². The molecule has 19 heavy (non-hydrogen) atoms. The summed E-state index contributed by atoms with van der Waals surface area (Å²) in [4.78, 5) is 11.6. The molecule has 1 rings (SSSR count). The molecular weight excluding hydrogens is 266 g/mol. The van der Waals surface area contributed by atoms with Crippen LogP contribution in [0.5, 0.6) is 0 Å². The van der Waals surface area contributed by atoms with Crippen molar-refractivity contribution in [3.63, 3.8) is 0 Å². The van der Waals surface area contributed by atoms with Gasteiger partial charge in [-0.2, -0.15) is 0 Å². The Balaban J connectivity index is 2.51. The number of carbonyl (C=O) groups is 1. The Morgan fingerprint density at radius 2 is 2.16 bits per heavy atom. The van der Waals surface area contributed by atoms with Gasteiger partial charge in [-0.1, -0.05) is 18.7 Å². The number of hydrogen-bond acceptors (Lipinski definition) is 6. The first-order valence-electron chi connectivity index (χ1n) is 6.27. The van der Waals surface area contributed by atoms with E-state index >= 15 is 0 Å². The molecule has 1 atom stereocenters. The van der Waals surface area contributed by atoms with Crippen LogP contribution in [-0.4, -0.2) is 27.6 Å². The van der Waals surface area contributed by atoms with E-state index in [1.165, 1.54) is 11.8 Å². The number of hydrogen-bond donors (Lipinski definition) is 1. The third kappa shape index (κ3) is 5.96. The molecule has 0 radical (unpaired) electrons. The molecule has 0 bridgehead atoms. The highest BCUT2D eigenvalue weighted by Crippen LogP contribution is 2.20. The van der Waals surface area contributed by atoms with E-state index < -0.39 is 11.7 Å². The molecule has 0 saturated heterocycles. The summed E-state index contributed by atoms with van der Waals surface area (Å²) >= 11 is 1.50. The summed E-state index contributed by atoms with van der Waals surface area (Å²) < 4.78 is 10.6. The highest BCUT2D eigenvalue weighted by atomic mass is 32.2. The van der Waals surface area contributed by atoms with Gasteiger partial charge in [0, 0.05) is 5.75 Å². The molecule has 0 fully saturated rings. The van der Waals surface area contributed by atoms with Gasteiger partial charge in [0.1, 0.15) is 11.6 Å². The maximum Gasteiger partial charge on any atom is 0.408 e. The summed E-state index contributed by atoms with van der Waals surface area (Å²) in [6, 6.07) is -0.377. The quantitative estimate of drug-likeness (QED) is 0.838. The first kappa shape index (κ1) is 15.8. The van der Waals surface area contributed by atoms with Crippen molar-refractivity contribution in [3.8, 4) is 0 Å². The van der Waals surface area contributed by atoms with Crippen LogP contribution in [0.2, 0.25) is 0 Å². The van der Waals surface area contributed by atoms with E-state index in [4.69, 9.17) is 9.15 Å². The molecule has 0 unspecified atom stereocenters. The minimum absolute atomic E-state index is 0.377. The van der Waals surface area contributed by atoms with Crippen LogP contribution in [0.3, 0.4) is 0 Å². The zero-order chi connectivity index (χ0) is 14.5. The molecule has 108 valence electrons. The second-order valence-corrected chi connectivity index (χ2v) is 6.17. The van der Waals surface area contributed by atoms with Gasteiger partial charge in [0.15, 0.2) is 0 Å². The highest BCUT2D eigenvalue weighted by Gasteiger charge is 2.21. The summed E-state index contributed by atoms with van der Waals surface area (Å²) in [5.41, 5.74) is -0.527. The lowest BCUT2D eigenvalue weighted by Crippen LogP contribution is -2.34. The van der Waals surface area contributed by atoms with Crippen LogP contribution < -0.4 is 5.32 Å². The second kappa shape index (κ2) is 6.79. The molecule has 6 nitrogen and oxygen atoms in total. The van der Waals surface area contributed by atoms with Crippen LogP contribution in [0.25, 0.3) is 0 Å². The molecule has 1 heterocycles. The number of nitrogens with zero attached hydrogens (tertiary/aromatic N) is 2. The minimum atomic E-state index is -0.527. The number of rotatable bonds is 5. The number of nitrogens with one attached hydrogen (secondary N) is 1. The Bertz CT molecular complexity index is 415. The Labute approximate surface area is 117 Å². The topological polar surface area (TPSA) is 77.2 Å². The van der Waals surface area contributed by atoms with E-state index in [1.807, 2.05) is 20.8 Å². The fourth-order valence-corrected chi connectivity index (χ4v) is 1.81. The van der Waals surface area contributed by atoms with Gasteiger partial charge in [-0.15, -0.1) is 10.2 Å². The maximum atomic E-state index is 11.6. The van der Waals surface area contributed by atoms with Crippen LogP contribution in [0.1, 0.15) is 53.0 Å². The van der Waals surface area contributed by atoms with Gasteiger partial charge >= 0.3 is 6.09 Å². The average Bonchev–Trinajstić information content (AvgIpc) is 2.72. The Morgan fingerprint density at radius 1 is 1.47 bits per heavy atom. The van der Waals surface area contributed by atoms with Gasteiger partial charge in [0.2, 0.25) is 5.89 Å². The van der Waals surface area contributed by atoms with E-state index in [0.29, 0.717) is 11.1 Å². The standard InChI is InChI=1S/C12H21N3O3S/c1-6-7-19-11-15-14-9(17-11)8(2)13-10(16)18-12(3,4)5/h8H,6-7H2,1-5H3,(H,13,16)/t8-/m1/s1. The Morgan fingerprint density at radius 3 is 2.74 bits per heavy atom. The molecule has 1 aromatic heterocycles. The summed E-state index contributed by atoms with van der Waals surface area (Å²) in [6.45, 7) is 9.28. The number of aromatic nitrogens is 2. The monoisotopic (exact) mass is 287 g/mol. The largest absolute Gasteiger partial charge is 0.444 e. The number of alkyl carbamates (subject to hydrolysis) is 1. The Hall–Kier alpha value is -1.24. The lowest BCUT2D eigenvalue weighted by Gasteiger charge is -2.20. The van der Waals surface area contributed by atoms with E-state index in [9.17, 15) is 4.79 Å². The van der Waals surface area contributed by atoms with Gasteiger partial charge in [-0.3, -0.25) is 0 Å². The summed E-state index contributed by atoms with van der Waals surface area (Å²) in [5, 5.41) is 11.0. The van der Waals surface area contributed by atoms with Crippen molar-refractivity contribution in [3.05, 3.63) is 5.89 Å². The summed E-state index contributed by atoms with van der Waals surface area (Å²) in [6.07, 6.45) is 0.537. The summed E-state index contributed by atoms with van der Waals surface area (Å²) in [5.74, 6) is 1.31. The zero-order valence-corrected chi connectivity index (χ0v) is 12.8. The van der Waals surface area contributed by atoms with E-state index in [-0.39, 0.29) is 6.04 Å². The number of amides is 1. The number of thioether (sulfide) groups is 1. The van der Waals surface area contributed by atoms with Crippen molar-refractivity contribution in [2.75, 3.05) is 5.75 Å². The molecule has 1 aromatic rings. The normalized spacial score (nSPS) is 13.1. The van der Waals surface area contributed by atoms with Crippen LogP contribution in [0, 0.1) is 0 Å². The third-order valence-corrected chi connectivity index (χ3v) is 2.98. The SMILES string of the molecule is CCCSc1nnc([C@@H](C)NC(=O)OC(C)(C)C)o1. The molecule has 1 amide bonds. The molecule has 7 heteroatoms. The lowest BCUT2D eigenvalue weighted by atomic mass is 10.2. The van der Waals surface area contributed by atoms with Crippen molar-refractivity contribution in [1.82, 2.24) is 15.5 Å². The maximum absolute atomic E-state index is 11.6. The van der Waals surface area contributed by atoms with Crippen molar-refractivity contribution in [1.29, 1.82) is 0 Å².